The van der Waals surface area contributed by atoms with Gasteiger partial charge in [-0.05, 0) is 38.1 Å². The molecule has 33 heavy (non-hydrogen) atoms. The first-order valence-electron chi connectivity index (χ1n) is 11.9. The molecule has 0 aliphatic carbocycles. The zero-order valence-electron chi connectivity index (χ0n) is 19.4. The number of nitrogens with one attached hydrogen (secondary N) is 1. The van der Waals surface area contributed by atoms with Gasteiger partial charge in [0.1, 0.15) is 11.4 Å². The van der Waals surface area contributed by atoms with Crippen LogP contribution >= 0.6 is 0 Å². The van der Waals surface area contributed by atoms with Crippen LogP contribution in [-0.4, -0.2) is 78.6 Å². The molecule has 2 saturated heterocycles. The van der Waals surface area contributed by atoms with E-state index in [0.717, 1.165) is 80.0 Å². The molecular weight excluding hydrogens is 418 g/mol. The van der Waals surface area contributed by atoms with Crippen molar-refractivity contribution in [2.45, 2.75) is 26.0 Å². The van der Waals surface area contributed by atoms with Gasteiger partial charge in [0.15, 0.2) is 22.8 Å². The molecule has 0 bridgehead atoms. The minimum atomic E-state index is -0.452. The molecular formula is C24H31N7O2. The van der Waals surface area contributed by atoms with E-state index in [1.807, 2.05) is 0 Å². The van der Waals surface area contributed by atoms with Crippen molar-refractivity contribution in [2.24, 2.45) is 0 Å². The molecule has 0 unspecified atom stereocenters. The van der Waals surface area contributed by atoms with Gasteiger partial charge in [0.25, 0.3) is 0 Å². The van der Waals surface area contributed by atoms with Gasteiger partial charge < -0.3 is 29.2 Å². The van der Waals surface area contributed by atoms with Gasteiger partial charge in [0.05, 0.1) is 19.8 Å². The number of hydrogen-bond donors (Lipinski definition) is 1. The molecule has 0 amide bonds. The van der Waals surface area contributed by atoms with Crippen LogP contribution in [0, 0.1) is 0 Å². The summed E-state index contributed by atoms with van der Waals surface area (Å²) in [5.41, 5.74) is 3.56. The van der Waals surface area contributed by atoms with Gasteiger partial charge in [-0.3, -0.25) is 0 Å². The lowest BCUT2D eigenvalue weighted by Crippen LogP contribution is -2.43. The highest BCUT2D eigenvalue weighted by atomic mass is 16.5. The largest absolute Gasteiger partial charge is 0.378 e. The van der Waals surface area contributed by atoms with Gasteiger partial charge in [-0.2, -0.15) is 0 Å². The molecule has 0 saturated carbocycles. The maximum atomic E-state index is 6.02. The van der Waals surface area contributed by atoms with Crippen molar-refractivity contribution in [3.8, 4) is 11.4 Å². The number of nitrogens with zero attached hydrogens (tertiary/aromatic N) is 6. The van der Waals surface area contributed by atoms with Crippen molar-refractivity contribution in [2.75, 3.05) is 68.9 Å². The normalized spacial score (nSPS) is 20.8. The quantitative estimate of drug-likeness (QED) is 0.651. The average Bonchev–Trinajstić information content (AvgIpc) is 3.25. The Morgan fingerprint density at radius 2 is 1.61 bits per heavy atom. The van der Waals surface area contributed by atoms with Gasteiger partial charge >= 0.3 is 0 Å². The Morgan fingerprint density at radius 1 is 0.848 bits per heavy atom. The van der Waals surface area contributed by atoms with Crippen LogP contribution in [0.25, 0.3) is 22.6 Å². The summed E-state index contributed by atoms with van der Waals surface area (Å²) in [5, 5.41) is 3.41. The fraction of sp³-hybridized carbons (Fsp3) is 0.542. The summed E-state index contributed by atoms with van der Waals surface area (Å²) in [6.07, 6.45) is 0. The topological polar surface area (TPSA) is 80.6 Å². The molecule has 174 valence electrons. The monoisotopic (exact) mass is 449 g/mol. The van der Waals surface area contributed by atoms with E-state index in [-0.39, 0.29) is 0 Å². The Kier molecular flexibility index (Phi) is 5.20. The molecule has 0 atom stereocenters. The molecule has 3 aliphatic heterocycles. The summed E-state index contributed by atoms with van der Waals surface area (Å²) >= 11 is 0. The fourth-order valence-electron chi connectivity index (χ4n) is 4.98. The van der Waals surface area contributed by atoms with E-state index in [1.54, 1.807) is 0 Å². The highest BCUT2D eigenvalue weighted by Gasteiger charge is 2.34. The van der Waals surface area contributed by atoms with E-state index in [4.69, 9.17) is 24.4 Å². The minimum absolute atomic E-state index is 0.452. The molecule has 2 aromatic heterocycles. The fourth-order valence-corrected chi connectivity index (χ4v) is 4.98. The lowest BCUT2D eigenvalue weighted by Gasteiger charge is -2.30. The lowest BCUT2D eigenvalue weighted by atomic mass is 10.1. The second-order valence-electron chi connectivity index (χ2n) is 9.37. The highest BCUT2D eigenvalue weighted by Crippen LogP contribution is 2.35. The third kappa shape index (κ3) is 3.74. The third-order valence-electron chi connectivity index (χ3n) is 6.81. The third-order valence-corrected chi connectivity index (χ3v) is 6.81. The lowest BCUT2D eigenvalue weighted by molar-refractivity contribution is -0.0530. The Morgan fingerprint density at radius 3 is 2.36 bits per heavy atom. The molecule has 2 fully saturated rings. The number of rotatable bonds is 3. The number of piperazine rings is 1. The van der Waals surface area contributed by atoms with E-state index in [1.165, 1.54) is 5.69 Å². The number of anilines is 2. The molecule has 1 N–H and O–H groups in total. The molecule has 0 spiro atoms. The van der Waals surface area contributed by atoms with Crippen LogP contribution in [-0.2, 0) is 21.6 Å². The summed E-state index contributed by atoms with van der Waals surface area (Å²) in [4.78, 5) is 19.8. The summed E-state index contributed by atoms with van der Waals surface area (Å²) in [7, 11) is 0. The number of aromatic nitrogens is 4. The molecule has 3 aromatic rings. The zero-order chi connectivity index (χ0) is 22.4. The minimum Gasteiger partial charge on any atom is -0.378 e. The van der Waals surface area contributed by atoms with Crippen LogP contribution in [0.2, 0.25) is 0 Å². The number of ether oxygens (including phenoxy) is 2. The van der Waals surface area contributed by atoms with E-state index in [2.05, 4.69) is 57.8 Å². The number of morpholine rings is 1. The Hall–Kier alpha value is -2.75. The standard InChI is InChI=1S/C24H31N7O2/c1-24(2)23-26-19-21(30-11-14-32-15-12-30)27-20(28-22(19)31(23)13-16-33-24)17-3-5-18(6-4-17)29-9-7-25-8-10-29/h3-6,25H,7-16H2,1-2H3. The molecule has 5 heterocycles. The van der Waals surface area contributed by atoms with Crippen molar-refractivity contribution < 1.29 is 9.47 Å². The maximum Gasteiger partial charge on any atom is 0.166 e. The van der Waals surface area contributed by atoms with Crippen molar-refractivity contribution in [1.82, 2.24) is 24.8 Å². The van der Waals surface area contributed by atoms with Crippen LogP contribution in [0.4, 0.5) is 11.5 Å². The van der Waals surface area contributed by atoms with E-state index >= 15 is 0 Å². The number of fused-ring (bicyclic) bond motifs is 3. The van der Waals surface area contributed by atoms with Crippen molar-refractivity contribution >= 4 is 22.7 Å². The predicted octanol–water partition coefficient (Wildman–Crippen LogP) is 2.00. The van der Waals surface area contributed by atoms with E-state index < -0.39 is 5.60 Å². The van der Waals surface area contributed by atoms with Crippen LogP contribution in [0.1, 0.15) is 19.7 Å². The van der Waals surface area contributed by atoms with Crippen LogP contribution in [0.15, 0.2) is 24.3 Å². The van der Waals surface area contributed by atoms with E-state index in [0.29, 0.717) is 19.8 Å². The number of imidazole rings is 1. The summed E-state index contributed by atoms with van der Waals surface area (Å²) in [5.74, 6) is 2.55. The number of hydrogen-bond acceptors (Lipinski definition) is 8. The highest BCUT2D eigenvalue weighted by molar-refractivity contribution is 5.86. The smallest absolute Gasteiger partial charge is 0.166 e. The molecule has 6 rings (SSSR count). The molecule has 9 heteroatoms. The van der Waals surface area contributed by atoms with Gasteiger partial charge in [0, 0.05) is 57.1 Å². The average molecular weight is 450 g/mol. The second-order valence-corrected chi connectivity index (χ2v) is 9.37. The Balaban J connectivity index is 1.45. The molecule has 0 radical (unpaired) electrons. The first-order valence-corrected chi connectivity index (χ1v) is 11.9. The second kappa shape index (κ2) is 8.23. The van der Waals surface area contributed by atoms with Gasteiger partial charge in [-0.15, -0.1) is 0 Å². The summed E-state index contributed by atoms with van der Waals surface area (Å²) in [6, 6.07) is 8.65. The van der Waals surface area contributed by atoms with Crippen molar-refractivity contribution in [3.63, 3.8) is 0 Å². The first kappa shape index (κ1) is 20.8. The summed E-state index contributed by atoms with van der Waals surface area (Å²) in [6.45, 7) is 12.6. The van der Waals surface area contributed by atoms with Crippen molar-refractivity contribution in [1.29, 1.82) is 0 Å². The summed E-state index contributed by atoms with van der Waals surface area (Å²) < 4.78 is 13.8. The van der Waals surface area contributed by atoms with Crippen molar-refractivity contribution in [3.05, 3.63) is 30.1 Å². The van der Waals surface area contributed by atoms with Crippen LogP contribution in [0.5, 0.6) is 0 Å². The first-order chi connectivity index (χ1) is 16.1. The predicted molar refractivity (Wildman–Crippen MR) is 128 cm³/mol. The van der Waals surface area contributed by atoms with Gasteiger partial charge in [-0.25, -0.2) is 15.0 Å². The van der Waals surface area contributed by atoms with Crippen LogP contribution in [0.3, 0.4) is 0 Å². The molecule has 3 aliphatic rings. The SMILES string of the molecule is CC1(C)OCCn2c1nc1c(N3CCOCC3)nc(-c3ccc(N4CCNCC4)cc3)nc12. The van der Waals surface area contributed by atoms with Crippen LogP contribution < -0.4 is 15.1 Å². The molecule has 1 aromatic carbocycles. The zero-order valence-corrected chi connectivity index (χ0v) is 19.4. The molecule has 9 nitrogen and oxygen atoms in total. The van der Waals surface area contributed by atoms with Gasteiger partial charge in [0.2, 0.25) is 0 Å². The maximum absolute atomic E-state index is 6.02. The Bertz CT molecular complexity index is 1150. The Labute approximate surface area is 193 Å². The van der Waals surface area contributed by atoms with E-state index in [9.17, 15) is 0 Å². The number of benzene rings is 1. The van der Waals surface area contributed by atoms with Gasteiger partial charge in [-0.1, -0.05) is 0 Å².